The summed E-state index contributed by atoms with van der Waals surface area (Å²) in [5.41, 5.74) is 4.59. The fourth-order valence-corrected chi connectivity index (χ4v) is 4.40. The molecule has 1 saturated heterocycles. The van der Waals surface area contributed by atoms with Crippen molar-refractivity contribution in [3.63, 3.8) is 0 Å². The molecule has 0 aromatic heterocycles. The van der Waals surface area contributed by atoms with Gasteiger partial charge in [-0.15, -0.1) is 0 Å². The summed E-state index contributed by atoms with van der Waals surface area (Å²) in [6.45, 7) is 6.35. The molecular weight excluding hydrogens is 260 g/mol. The van der Waals surface area contributed by atoms with Crippen molar-refractivity contribution in [2.45, 2.75) is 50.8 Å². The van der Waals surface area contributed by atoms with Gasteiger partial charge in [-0.1, -0.05) is 26.1 Å². The summed E-state index contributed by atoms with van der Waals surface area (Å²) < 4.78 is 23.8. The van der Waals surface area contributed by atoms with Gasteiger partial charge in [0.25, 0.3) is 15.9 Å². The van der Waals surface area contributed by atoms with Gasteiger partial charge in [0.1, 0.15) is 5.54 Å². The molecule has 7 heteroatoms. The van der Waals surface area contributed by atoms with Crippen molar-refractivity contribution in [3.8, 4) is 0 Å². The summed E-state index contributed by atoms with van der Waals surface area (Å²) in [6.07, 6.45) is 0.778. The molecule has 1 rings (SSSR count). The number of carbonyl (C=O) groups excluding carboxylic acids is 1. The van der Waals surface area contributed by atoms with Gasteiger partial charge in [-0.25, -0.2) is 12.7 Å². The minimum absolute atomic E-state index is 0.0509. The molecule has 1 amide bonds. The predicted octanol–water partition coefficient (Wildman–Crippen LogP) is 0.782. The van der Waals surface area contributed by atoms with Crippen LogP contribution >= 0.6 is 12.2 Å². The third-order valence-corrected chi connectivity index (χ3v) is 6.44. The van der Waals surface area contributed by atoms with E-state index in [-0.39, 0.29) is 4.99 Å². The minimum Gasteiger partial charge on any atom is -0.391 e. The number of nitrogens with zero attached hydrogens (tertiary/aromatic N) is 1. The van der Waals surface area contributed by atoms with Crippen molar-refractivity contribution in [1.29, 1.82) is 0 Å². The smallest absolute Gasteiger partial charge is 0.259 e. The van der Waals surface area contributed by atoms with Crippen LogP contribution in [0.4, 0.5) is 0 Å². The van der Waals surface area contributed by atoms with Crippen LogP contribution in [0.2, 0.25) is 0 Å². The van der Waals surface area contributed by atoms with E-state index in [9.17, 15) is 13.2 Å². The third-order valence-electron chi connectivity index (χ3n) is 3.60. The van der Waals surface area contributed by atoms with Gasteiger partial charge in [-0.3, -0.25) is 4.79 Å². The average Bonchev–Trinajstić information content (AvgIpc) is 2.24. The first-order chi connectivity index (χ1) is 7.59. The fraction of sp³-hybridized carbons (Fsp3) is 0.800. The lowest BCUT2D eigenvalue weighted by Crippen LogP contribution is -2.76. The lowest BCUT2D eigenvalue weighted by molar-refractivity contribution is -0.135. The van der Waals surface area contributed by atoms with E-state index in [0.717, 1.165) is 4.31 Å². The number of thiocarbonyl (C=S) groups is 1. The van der Waals surface area contributed by atoms with E-state index in [1.165, 1.54) is 13.8 Å². The van der Waals surface area contributed by atoms with E-state index in [2.05, 4.69) is 0 Å². The predicted molar refractivity (Wildman–Crippen MR) is 69.9 cm³/mol. The third kappa shape index (κ3) is 1.52. The molecule has 5 nitrogen and oxygen atoms in total. The second kappa shape index (κ2) is 3.91. The number of carbonyl (C=O) groups is 1. The normalized spacial score (nSPS) is 22.1. The van der Waals surface area contributed by atoms with Crippen LogP contribution in [0.25, 0.3) is 0 Å². The highest BCUT2D eigenvalue weighted by atomic mass is 32.2. The van der Waals surface area contributed by atoms with Crippen molar-refractivity contribution in [2.24, 2.45) is 5.73 Å². The Morgan fingerprint density at radius 3 is 2.06 bits per heavy atom. The van der Waals surface area contributed by atoms with Gasteiger partial charge < -0.3 is 5.73 Å². The molecule has 98 valence electrons. The molecule has 0 spiro atoms. The van der Waals surface area contributed by atoms with Crippen LogP contribution in [0.5, 0.6) is 0 Å². The van der Waals surface area contributed by atoms with Crippen molar-refractivity contribution in [3.05, 3.63) is 0 Å². The van der Waals surface area contributed by atoms with Gasteiger partial charge in [0.2, 0.25) is 0 Å². The van der Waals surface area contributed by atoms with Crippen LogP contribution in [-0.2, 0) is 14.8 Å². The number of amides is 1. The summed E-state index contributed by atoms with van der Waals surface area (Å²) in [5, 5.41) is 0. The van der Waals surface area contributed by atoms with E-state index < -0.39 is 26.2 Å². The summed E-state index contributed by atoms with van der Waals surface area (Å²) in [7, 11) is -3.66. The van der Waals surface area contributed by atoms with Crippen LogP contribution < -0.4 is 5.73 Å². The molecule has 0 atom stereocenters. The van der Waals surface area contributed by atoms with Crippen LogP contribution in [0.1, 0.15) is 40.5 Å². The zero-order valence-electron chi connectivity index (χ0n) is 10.5. The molecular formula is C10H18N2O3S2. The molecule has 0 bridgehead atoms. The summed E-state index contributed by atoms with van der Waals surface area (Å²) >= 11 is 4.95. The Morgan fingerprint density at radius 2 is 1.82 bits per heavy atom. The number of rotatable bonds is 4. The minimum atomic E-state index is -3.66. The molecule has 1 heterocycles. The maximum Gasteiger partial charge on any atom is 0.259 e. The van der Waals surface area contributed by atoms with Crippen molar-refractivity contribution in [2.75, 3.05) is 0 Å². The Labute approximate surface area is 107 Å². The average molecular weight is 278 g/mol. The molecule has 0 unspecified atom stereocenters. The first-order valence-electron chi connectivity index (χ1n) is 5.49. The number of sulfonamides is 1. The number of hydrogen-bond donors (Lipinski definition) is 1. The lowest BCUT2D eigenvalue weighted by Gasteiger charge is -2.52. The standard InChI is InChI=1S/C10H18N2O3S2/c1-5-10(6-2,7(11)16)12-8(13)9(3,4)17(12,14)15/h5-6H2,1-4H3,(H2,11,16). The van der Waals surface area contributed by atoms with Gasteiger partial charge in [0.15, 0.2) is 4.75 Å². The Bertz CT molecular complexity index is 464. The van der Waals surface area contributed by atoms with E-state index in [4.69, 9.17) is 18.0 Å². The molecule has 0 aromatic carbocycles. The van der Waals surface area contributed by atoms with E-state index in [1.807, 2.05) is 0 Å². The molecule has 2 N–H and O–H groups in total. The zero-order valence-corrected chi connectivity index (χ0v) is 12.1. The van der Waals surface area contributed by atoms with Crippen LogP contribution in [0.3, 0.4) is 0 Å². The molecule has 0 radical (unpaired) electrons. The molecule has 0 aromatic rings. The Balaban J connectivity index is 3.36. The Hall–Kier alpha value is -0.690. The molecule has 1 aliphatic heterocycles. The summed E-state index contributed by atoms with van der Waals surface area (Å²) in [6, 6.07) is 0. The lowest BCUT2D eigenvalue weighted by atomic mass is 9.91. The van der Waals surface area contributed by atoms with Crippen molar-refractivity contribution in [1.82, 2.24) is 4.31 Å². The molecule has 0 saturated carbocycles. The first-order valence-corrected chi connectivity index (χ1v) is 7.33. The Morgan fingerprint density at radius 1 is 1.41 bits per heavy atom. The van der Waals surface area contributed by atoms with Crippen molar-refractivity contribution < 1.29 is 13.2 Å². The van der Waals surface area contributed by atoms with E-state index in [1.54, 1.807) is 13.8 Å². The second-order valence-corrected chi connectivity index (χ2v) is 7.46. The van der Waals surface area contributed by atoms with Gasteiger partial charge in [-0.2, -0.15) is 0 Å². The van der Waals surface area contributed by atoms with Gasteiger partial charge in [0.05, 0.1) is 4.99 Å². The van der Waals surface area contributed by atoms with Gasteiger partial charge in [-0.05, 0) is 26.7 Å². The highest BCUT2D eigenvalue weighted by molar-refractivity contribution is 7.94. The largest absolute Gasteiger partial charge is 0.391 e. The summed E-state index contributed by atoms with van der Waals surface area (Å²) in [5.74, 6) is -0.436. The van der Waals surface area contributed by atoms with Crippen LogP contribution in [0, 0.1) is 0 Å². The fourth-order valence-electron chi connectivity index (χ4n) is 2.06. The highest BCUT2D eigenvalue weighted by Gasteiger charge is 2.66. The Kier molecular flexibility index (Phi) is 3.31. The molecule has 17 heavy (non-hydrogen) atoms. The van der Waals surface area contributed by atoms with E-state index in [0.29, 0.717) is 12.8 Å². The monoisotopic (exact) mass is 278 g/mol. The number of hydrogen-bond acceptors (Lipinski definition) is 4. The number of nitrogens with two attached hydrogens (primary N) is 1. The first kappa shape index (κ1) is 14.4. The van der Waals surface area contributed by atoms with Gasteiger partial charge in [0, 0.05) is 0 Å². The highest BCUT2D eigenvalue weighted by Crippen LogP contribution is 2.43. The zero-order chi connectivity index (χ0) is 13.6. The summed E-state index contributed by atoms with van der Waals surface area (Å²) in [4.78, 5) is 12.1. The van der Waals surface area contributed by atoms with Crippen LogP contribution in [0.15, 0.2) is 0 Å². The van der Waals surface area contributed by atoms with E-state index >= 15 is 0 Å². The molecule has 0 aliphatic carbocycles. The van der Waals surface area contributed by atoms with Gasteiger partial charge >= 0.3 is 0 Å². The molecule has 1 aliphatic rings. The maximum absolute atomic E-state index is 12.1. The quantitative estimate of drug-likeness (QED) is 0.769. The van der Waals surface area contributed by atoms with Crippen LogP contribution in [-0.4, -0.2) is 33.9 Å². The topological polar surface area (TPSA) is 80.5 Å². The van der Waals surface area contributed by atoms with Crippen molar-refractivity contribution >= 4 is 33.1 Å². The second-order valence-electron chi connectivity index (χ2n) is 4.69. The SMILES string of the molecule is CCC(CC)(C(N)=S)N1C(=O)C(C)(C)S1(=O)=O. The maximum atomic E-state index is 12.1. The molecule has 1 fully saturated rings.